The lowest BCUT2D eigenvalue weighted by Crippen LogP contribution is -2.24. The molecule has 0 aliphatic carbocycles. The van der Waals surface area contributed by atoms with Gasteiger partial charge in [0.15, 0.2) is 0 Å². The third-order valence-corrected chi connectivity index (χ3v) is 4.83. The number of hydrogen-bond acceptors (Lipinski definition) is 4. The van der Waals surface area contributed by atoms with Crippen LogP contribution in [0.5, 0.6) is 5.88 Å². The second kappa shape index (κ2) is 8.22. The molecule has 0 unspecified atom stereocenters. The maximum Gasteiger partial charge on any atom is 0.271 e. The maximum atomic E-state index is 12.3. The van der Waals surface area contributed by atoms with Crippen molar-refractivity contribution >= 4 is 11.9 Å². The molecule has 0 spiro atoms. The number of aromatic nitrogens is 1. The predicted octanol–water partition coefficient (Wildman–Crippen LogP) is 4.75. The molecule has 0 radical (unpaired) electrons. The topological polar surface area (TPSA) is 78.4 Å². The average molecular weight is 365 g/mol. The summed E-state index contributed by atoms with van der Waals surface area (Å²) in [6.07, 6.45) is 1.57. The van der Waals surface area contributed by atoms with Gasteiger partial charge in [0.25, 0.3) is 5.56 Å². The lowest BCUT2D eigenvalue weighted by atomic mass is 9.93. The lowest BCUT2D eigenvalue weighted by Gasteiger charge is -2.17. The molecule has 2 aromatic rings. The minimum atomic E-state index is -0.474. The van der Waals surface area contributed by atoms with Crippen molar-refractivity contribution in [2.24, 2.45) is 4.99 Å². The Balaban J connectivity index is 2.74. The van der Waals surface area contributed by atoms with E-state index >= 15 is 0 Å². The van der Waals surface area contributed by atoms with Gasteiger partial charge >= 0.3 is 0 Å². The first-order chi connectivity index (χ1) is 12.7. The molecule has 1 heterocycles. The first-order valence-corrected chi connectivity index (χ1v) is 9.27. The zero-order valence-electron chi connectivity index (χ0n) is 16.9. The highest BCUT2D eigenvalue weighted by molar-refractivity contribution is 5.88. The van der Waals surface area contributed by atoms with Crippen LogP contribution in [0.4, 0.5) is 5.69 Å². The largest absolute Gasteiger partial charge is 0.494 e. The van der Waals surface area contributed by atoms with Crippen molar-refractivity contribution in [1.29, 1.82) is 5.26 Å². The number of pyridine rings is 1. The second-order valence-corrected chi connectivity index (χ2v) is 7.25. The predicted molar refractivity (Wildman–Crippen MR) is 109 cm³/mol. The fraction of sp³-hybridized carbons (Fsp3) is 0.409. The van der Waals surface area contributed by atoms with E-state index in [-0.39, 0.29) is 18.0 Å². The van der Waals surface area contributed by atoms with E-state index < -0.39 is 5.56 Å². The quantitative estimate of drug-likeness (QED) is 0.777. The van der Waals surface area contributed by atoms with Crippen LogP contribution in [0.3, 0.4) is 0 Å². The molecule has 1 aromatic carbocycles. The summed E-state index contributed by atoms with van der Waals surface area (Å²) in [5.41, 5.74) is 3.55. The van der Waals surface area contributed by atoms with E-state index in [0.717, 1.165) is 16.8 Å². The highest BCUT2D eigenvalue weighted by Crippen LogP contribution is 2.35. The molecule has 0 saturated carbocycles. The fourth-order valence-electron chi connectivity index (χ4n) is 3.21. The second-order valence-electron chi connectivity index (χ2n) is 7.25. The number of aliphatic imine (C=N–C) groups is 1. The van der Waals surface area contributed by atoms with Gasteiger partial charge in [0.05, 0.1) is 11.3 Å². The van der Waals surface area contributed by atoms with Crippen molar-refractivity contribution in [3.05, 3.63) is 56.4 Å². The van der Waals surface area contributed by atoms with Crippen molar-refractivity contribution in [3.8, 4) is 11.9 Å². The summed E-state index contributed by atoms with van der Waals surface area (Å²) in [6.45, 7) is 12.2. The molecule has 0 fully saturated rings. The molecule has 0 amide bonds. The third kappa shape index (κ3) is 3.80. The SMILES string of the molecule is CCn1c(O)c(/C=N/c2c(C(C)C)cccc2C(C)C)c(C)c(C#N)c1=O. The van der Waals surface area contributed by atoms with E-state index in [1.165, 1.54) is 4.57 Å². The van der Waals surface area contributed by atoms with E-state index in [1.54, 1.807) is 20.1 Å². The first kappa shape index (κ1) is 20.4. The van der Waals surface area contributed by atoms with Crippen LogP contribution < -0.4 is 5.56 Å². The number of rotatable bonds is 5. The normalized spacial score (nSPS) is 11.5. The van der Waals surface area contributed by atoms with Gasteiger partial charge in [0, 0.05) is 12.8 Å². The number of nitriles is 1. The summed E-state index contributed by atoms with van der Waals surface area (Å²) < 4.78 is 1.20. The van der Waals surface area contributed by atoms with E-state index in [0.29, 0.717) is 23.0 Å². The summed E-state index contributed by atoms with van der Waals surface area (Å²) in [7, 11) is 0. The van der Waals surface area contributed by atoms with Gasteiger partial charge in [0.1, 0.15) is 11.6 Å². The summed E-state index contributed by atoms with van der Waals surface area (Å²) in [6, 6.07) is 8.11. The van der Waals surface area contributed by atoms with Crippen LogP contribution in [0, 0.1) is 18.3 Å². The van der Waals surface area contributed by atoms with Crippen LogP contribution in [0.1, 0.15) is 74.3 Å². The molecule has 1 N–H and O–H groups in total. The minimum Gasteiger partial charge on any atom is -0.494 e. The van der Waals surface area contributed by atoms with Crippen molar-refractivity contribution in [1.82, 2.24) is 4.57 Å². The van der Waals surface area contributed by atoms with E-state index in [4.69, 9.17) is 4.99 Å². The van der Waals surface area contributed by atoms with Gasteiger partial charge in [-0.3, -0.25) is 14.4 Å². The highest BCUT2D eigenvalue weighted by Gasteiger charge is 2.18. The molecule has 1 aromatic heterocycles. The van der Waals surface area contributed by atoms with Crippen LogP contribution in [0.15, 0.2) is 28.0 Å². The Bertz CT molecular complexity index is 950. The van der Waals surface area contributed by atoms with Crippen LogP contribution in [-0.2, 0) is 6.54 Å². The van der Waals surface area contributed by atoms with Crippen LogP contribution in [-0.4, -0.2) is 15.9 Å². The Labute approximate surface area is 160 Å². The summed E-state index contributed by atoms with van der Waals surface area (Å²) in [4.78, 5) is 17.0. The van der Waals surface area contributed by atoms with E-state index in [1.807, 2.05) is 12.1 Å². The smallest absolute Gasteiger partial charge is 0.271 e. The zero-order valence-corrected chi connectivity index (χ0v) is 16.9. The lowest BCUT2D eigenvalue weighted by molar-refractivity contribution is 0.409. The molecule has 0 saturated heterocycles. The number of para-hydroxylation sites is 1. The molecule has 27 heavy (non-hydrogen) atoms. The number of nitrogens with zero attached hydrogens (tertiary/aromatic N) is 3. The van der Waals surface area contributed by atoms with Crippen molar-refractivity contribution in [3.63, 3.8) is 0 Å². The van der Waals surface area contributed by atoms with Gasteiger partial charge in [-0.05, 0) is 42.4 Å². The zero-order chi connectivity index (χ0) is 20.3. The van der Waals surface area contributed by atoms with E-state index in [9.17, 15) is 15.2 Å². The third-order valence-electron chi connectivity index (χ3n) is 4.83. The molecule has 0 aliphatic heterocycles. The average Bonchev–Trinajstić information content (AvgIpc) is 2.61. The van der Waals surface area contributed by atoms with Crippen LogP contribution in [0.25, 0.3) is 0 Å². The van der Waals surface area contributed by atoms with Gasteiger partial charge in [0.2, 0.25) is 5.88 Å². The Kier molecular flexibility index (Phi) is 6.22. The number of hydrogen-bond donors (Lipinski definition) is 1. The summed E-state index contributed by atoms with van der Waals surface area (Å²) in [5, 5.41) is 19.9. The van der Waals surface area contributed by atoms with Crippen molar-refractivity contribution < 1.29 is 5.11 Å². The van der Waals surface area contributed by atoms with Crippen LogP contribution >= 0.6 is 0 Å². The number of aromatic hydroxyl groups is 1. The first-order valence-electron chi connectivity index (χ1n) is 9.27. The Morgan fingerprint density at radius 3 is 2.22 bits per heavy atom. The Hall–Kier alpha value is -2.87. The van der Waals surface area contributed by atoms with Crippen molar-refractivity contribution in [2.75, 3.05) is 0 Å². The molecule has 0 aliphatic rings. The standard InChI is InChI=1S/C22H27N3O2/c1-7-25-21(26)18(11-23)15(6)19(22(25)27)12-24-20-16(13(2)3)9-8-10-17(20)14(4)5/h8-10,12-14,27H,7H2,1-6H3/b24-12+. The Morgan fingerprint density at radius 1 is 1.22 bits per heavy atom. The number of benzene rings is 1. The molecule has 142 valence electrons. The highest BCUT2D eigenvalue weighted by atomic mass is 16.3. The van der Waals surface area contributed by atoms with Gasteiger partial charge in [-0.25, -0.2) is 0 Å². The van der Waals surface area contributed by atoms with Gasteiger partial charge in [-0.2, -0.15) is 5.26 Å². The van der Waals surface area contributed by atoms with Gasteiger partial charge in [-0.15, -0.1) is 0 Å². The minimum absolute atomic E-state index is 0.0392. The molecule has 2 rings (SSSR count). The molecular weight excluding hydrogens is 338 g/mol. The molecular formula is C22H27N3O2. The summed E-state index contributed by atoms with van der Waals surface area (Å²) in [5.74, 6) is 0.436. The monoisotopic (exact) mass is 365 g/mol. The fourth-order valence-corrected chi connectivity index (χ4v) is 3.21. The molecule has 0 bridgehead atoms. The molecule has 5 nitrogen and oxygen atoms in total. The maximum absolute atomic E-state index is 12.3. The van der Waals surface area contributed by atoms with Crippen LogP contribution in [0.2, 0.25) is 0 Å². The van der Waals surface area contributed by atoms with Gasteiger partial charge in [-0.1, -0.05) is 45.9 Å². The van der Waals surface area contributed by atoms with E-state index in [2.05, 4.69) is 39.8 Å². The molecule has 0 atom stereocenters. The molecule has 5 heteroatoms. The van der Waals surface area contributed by atoms with Crippen molar-refractivity contribution in [2.45, 2.75) is 59.9 Å². The summed E-state index contributed by atoms with van der Waals surface area (Å²) >= 11 is 0. The Morgan fingerprint density at radius 2 is 1.78 bits per heavy atom. The van der Waals surface area contributed by atoms with Gasteiger partial charge < -0.3 is 5.11 Å².